The number of ether oxygens (including phenoxy) is 2. The minimum atomic E-state index is -0.361. The number of hydrogen-bond acceptors (Lipinski definition) is 6. The van der Waals surface area contributed by atoms with E-state index in [2.05, 4.69) is 15.5 Å². The monoisotopic (exact) mass is 349 g/mol. The average molecular weight is 349 g/mol. The second-order valence-electron chi connectivity index (χ2n) is 5.75. The number of carbonyl (C=O) groups is 2. The molecular formula is C18H27N3O4. The summed E-state index contributed by atoms with van der Waals surface area (Å²) in [6.45, 7) is 7.40. The molecule has 1 aromatic carbocycles. The minimum absolute atomic E-state index is 0.00521. The Labute approximate surface area is 148 Å². The Morgan fingerprint density at radius 3 is 2.72 bits per heavy atom. The summed E-state index contributed by atoms with van der Waals surface area (Å²) in [4.78, 5) is 26.1. The van der Waals surface area contributed by atoms with Gasteiger partial charge in [0.1, 0.15) is 0 Å². The lowest BCUT2D eigenvalue weighted by Crippen LogP contribution is -2.41. The molecule has 0 spiro atoms. The molecule has 25 heavy (non-hydrogen) atoms. The molecule has 0 saturated carbocycles. The fourth-order valence-electron chi connectivity index (χ4n) is 2.60. The van der Waals surface area contributed by atoms with Gasteiger partial charge in [0.2, 0.25) is 5.91 Å². The van der Waals surface area contributed by atoms with Gasteiger partial charge in [-0.25, -0.2) is 4.79 Å². The molecule has 1 amide bonds. The molecule has 0 bridgehead atoms. The summed E-state index contributed by atoms with van der Waals surface area (Å²) in [7, 11) is 0. The Hall–Kier alpha value is -2.12. The van der Waals surface area contributed by atoms with Crippen molar-refractivity contribution in [3.8, 4) is 0 Å². The molecule has 0 aromatic heterocycles. The number of anilines is 1. The average Bonchev–Trinajstić information content (AvgIpc) is 2.63. The SMILES string of the molecule is CCOC(=O)c1ccccc1NCCC(=O)NCCN1CCOCC1. The van der Waals surface area contributed by atoms with Crippen molar-refractivity contribution in [3.63, 3.8) is 0 Å². The van der Waals surface area contributed by atoms with Crippen molar-refractivity contribution in [2.75, 3.05) is 57.9 Å². The van der Waals surface area contributed by atoms with Gasteiger partial charge in [-0.1, -0.05) is 12.1 Å². The number of para-hydroxylation sites is 1. The lowest BCUT2D eigenvalue weighted by atomic mass is 10.1. The molecule has 1 aliphatic rings. The smallest absolute Gasteiger partial charge is 0.340 e. The van der Waals surface area contributed by atoms with Gasteiger partial charge in [0, 0.05) is 44.8 Å². The molecule has 0 aliphatic carbocycles. The maximum Gasteiger partial charge on any atom is 0.340 e. The lowest BCUT2D eigenvalue weighted by molar-refractivity contribution is -0.120. The van der Waals surface area contributed by atoms with E-state index in [4.69, 9.17) is 9.47 Å². The van der Waals surface area contributed by atoms with Crippen LogP contribution in [0.2, 0.25) is 0 Å². The highest BCUT2D eigenvalue weighted by Gasteiger charge is 2.12. The molecule has 1 aromatic rings. The van der Waals surface area contributed by atoms with Gasteiger partial charge < -0.3 is 20.1 Å². The first-order valence-corrected chi connectivity index (χ1v) is 8.77. The summed E-state index contributed by atoms with van der Waals surface area (Å²) >= 11 is 0. The first-order valence-electron chi connectivity index (χ1n) is 8.77. The third-order valence-electron chi connectivity index (χ3n) is 3.94. The first kappa shape index (κ1) is 19.2. The van der Waals surface area contributed by atoms with Crippen LogP contribution in [0.4, 0.5) is 5.69 Å². The van der Waals surface area contributed by atoms with Gasteiger partial charge in [0.15, 0.2) is 0 Å². The third-order valence-corrected chi connectivity index (χ3v) is 3.94. The molecule has 2 rings (SSSR count). The maximum atomic E-state index is 11.9. The van der Waals surface area contributed by atoms with Crippen molar-refractivity contribution < 1.29 is 19.1 Å². The zero-order chi connectivity index (χ0) is 17.9. The van der Waals surface area contributed by atoms with Crippen molar-refractivity contribution in [1.82, 2.24) is 10.2 Å². The molecule has 1 saturated heterocycles. The number of esters is 1. The second-order valence-corrected chi connectivity index (χ2v) is 5.75. The Bertz CT molecular complexity index is 559. The molecule has 1 heterocycles. The number of morpholine rings is 1. The Morgan fingerprint density at radius 1 is 1.20 bits per heavy atom. The first-order chi connectivity index (χ1) is 12.2. The quantitative estimate of drug-likeness (QED) is 0.650. The van der Waals surface area contributed by atoms with Crippen LogP contribution in [-0.4, -0.2) is 69.3 Å². The van der Waals surface area contributed by atoms with Crippen LogP contribution in [0.25, 0.3) is 0 Å². The molecule has 1 fully saturated rings. The van der Waals surface area contributed by atoms with E-state index in [-0.39, 0.29) is 11.9 Å². The van der Waals surface area contributed by atoms with Crippen LogP contribution < -0.4 is 10.6 Å². The van der Waals surface area contributed by atoms with E-state index in [1.54, 1.807) is 19.1 Å². The predicted molar refractivity (Wildman–Crippen MR) is 95.8 cm³/mol. The Kier molecular flexibility index (Phi) is 8.21. The third kappa shape index (κ3) is 6.72. The van der Waals surface area contributed by atoms with Crippen molar-refractivity contribution >= 4 is 17.6 Å². The number of hydrogen-bond donors (Lipinski definition) is 2. The van der Waals surface area contributed by atoms with Gasteiger partial charge in [0.25, 0.3) is 0 Å². The number of benzene rings is 1. The molecule has 0 atom stereocenters. The van der Waals surface area contributed by atoms with Crippen molar-refractivity contribution in [2.24, 2.45) is 0 Å². The van der Waals surface area contributed by atoms with E-state index in [1.165, 1.54) is 0 Å². The maximum absolute atomic E-state index is 11.9. The van der Waals surface area contributed by atoms with Crippen LogP contribution in [0.3, 0.4) is 0 Å². The van der Waals surface area contributed by atoms with E-state index in [1.807, 2.05) is 12.1 Å². The molecule has 7 heteroatoms. The van der Waals surface area contributed by atoms with Crippen LogP contribution in [0, 0.1) is 0 Å². The van der Waals surface area contributed by atoms with Crippen molar-refractivity contribution in [2.45, 2.75) is 13.3 Å². The fourth-order valence-corrected chi connectivity index (χ4v) is 2.60. The van der Waals surface area contributed by atoms with Gasteiger partial charge >= 0.3 is 5.97 Å². The van der Waals surface area contributed by atoms with E-state index < -0.39 is 0 Å². The number of rotatable bonds is 9. The normalized spacial score (nSPS) is 14.8. The highest BCUT2D eigenvalue weighted by Crippen LogP contribution is 2.16. The van der Waals surface area contributed by atoms with Gasteiger partial charge in [0.05, 0.1) is 25.4 Å². The summed E-state index contributed by atoms with van der Waals surface area (Å²) in [5.74, 6) is -0.366. The standard InChI is InChI=1S/C18H27N3O4/c1-2-25-18(23)15-5-3-4-6-16(15)19-8-7-17(22)20-9-10-21-11-13-24-14-12-21/h3-6,19H,2,7-14H2,1H3,(H,20,22). The minimum Gasteiger partial charge on any atom is -0.462 e. The fraction of sp³-hybridized carbons (Fsp3) is 0.556. The van der Waals surface area contributed by atoms with E-state index in [9.17, 15) is 9.59 Å². The molecule has 0 radical (unpaired) electrons. The molecule has 2 N–H and O–H groups in total. The number of nitrogens with one attached hydrogen (secondary N) is 2. The van der Waals surface area contributed by atoms with Crippen LogP contribution in [-0.2, 0) is 14.3 Å². The van der Waals surface area contributed by atoms with Crippen LogP contribution in [0.1, 0.15) is 23.7 Å². The van der Waals surface area contributed by atoms with Crippen LogP contribution in [0.15, 0.2) is 24.3 Å². The number of nitrogens with zero attached hydrogens (tertiary/aromatic N) is 1. The molecule has 1 aliphatic heterocycles. The van der Waals surface area contributed by atoms with Gasteiger partial charge in [-0.3, -0.25) is 9.69 Å². The van der Waals surface area contributed by atoms with Gasteiger partial charge in [-0.2, -0.15) is 0 Å². The zero-order valence-electron chi connectivity index (χ0n) is 14.8. The summed E-state index contributed by atoms with van der Waals surface area (Å²) in [6.07, 6.45) is 0.347. The predicted octanol–water partition coefficient (Wildman–Crippen LogP) is 1.11. The Morgan fingerprint density at radius 2 is 1.96 bits per heavy atom. The van der Waals surface area contributed by atoms with E-state index in [0.29, 0.717) is 37.4 Å². The molecule has 0 unspecified atom stereocenters. The van der Waals surface area contributed by atoms with Gasteiger partial charge in [-0.15, -0.1) is 0 Å². The topological polar surface area (TPSA) is 79.9 Å². The second kappa shape index (κ2) is 10.7. The summed E-state index contributed by atoms with van der Waals surface area (Å²) in [5.41, 5.74) is 1.17. The lowest BCUT2D eigenvalue weighted by Gasteiger charge is -2.26. The largest absolute Gasteiger partial charge is 0.462 e. The summed E-state index contributed by atoms with van der Waals surface area (Å²) in [5, 5.41) is 6.06. The van der Waals surface area contributed by atoms with Crippen molar-refractivity contribution in [1.29, 1.82) is 0 Å². The van der Waals surface area contributed by atoms with Crippen LogP contribution >= 0.6 is 0 Å². The highest BCUT2D eigenvalue weighted by atomic mass is 16.5. The summed E-state index contributed by atoms with van der Waals surface area (Å²) in [6, 6.07) is 7.15. The molecule has 7 nitrogen and oxygen atoms in total. The van der Waals surface area contributed by atoms with Crippen molar-refractivity contribution in [3.05, 3.63) is 29.8 Å². The van der Waals surface area contributed by atoms with Gasteiger partial charge in [-0.05, 0) is 19.1 Å². The highest BCUT2D eigenvalue weighted by molar-refractivity contribution is 5.95. The Balaban J connectivity index is 1.68. The van der Waals surface area contributed by atoms with E-state index in [0.717, 1.165) is 32.8 Å². The van der Waals surface area contributed by atoms with Crippen LogP contribution in [0.5, 0.6) is 0 Å². The molecular weight excluding hydrogens is 322 g/mol. The zero-order valence-corrected chi connectivity index (χ0v) is 14.8. The van der Waals surface area contributed by atoms with E-state index >= 15 is 0 Å². The summed E-state index contributed by atoms with van der Waals surface area (Å²) < 4.78 is 10.3. The number of carbonyl (C=O) groups excluding carboxylic acids is 2. The number of amides is 1. The molecule has 138 valence electrons.